The van der Waals surface area contributed by atoms with Crippen molar-refractivity contribution in [1.82, 2.24) is 14.8 Å². The Balaban J connectivity index is 1.81. The first kappa shape index (κ1) is 11.6. The normalized spacial score (nSPS) is 11.6. The summed E-state index contributed by atoms with van der Waals surface area (Å²) >= 11 is 0. The molecule has 3 aromatic carbocycles. The smallest absolute Gasteiger partial charge is 0.0724 e. The molecule has 0 spiro atoms. The second-order valence-electron chi connectivity index (χ2n) is 5.53. The van der Waals surface area contributed by atoms with E-state index in [4.69, 9.17) is 4.98 Å². The molecule has 1 N–H and O–H groups in total. The minimum Gasteiger partial charge on any atom is -0.294 e. The van der Waals surface area contributed by atoms with Gasteiger partial charge in [-0.15, -0.1) is 0 Å². The van der Waals surface area contributed by atoms with Gasteiger partial charge in [0.25, 0.3) is 0 Å². The van der Waals surface area contributed by atoms with Crippen LogP contribution in [0.5, 0.6) is 0 Å². The van der Waals surface area contributed by atoms with Crippen LogP contribution in [0.2, 0.25) is 0 Å². The van der Waals surface area contributed by atoms with Crippen LogP contribution < -0.4 is 0 Å². The van der Waals surface area contributed by atoms with Gasteiger partial charge in [0, 0.05) is 22.4 Å². The van der Waals surface area contributed by atoms with Gasteiger partial charge in [-0.3, -0.25) is 9.78 Å². The molecule has 0 bridgehead atoms. The molecule has 3 nitrogen and oxygen atoms in total. The molecule has 2 aromatic heterocycles. The molecule has 5 aromatic rings. The Morgan fingerprint density at radius 1 is 0.773 bits per heavy atom. The highest BCUT2D eigenvalue weighted by Crippen LogP contribution is 2.29. The molecule has 0 fully saturated rings. The summed E-state index contributed by atoms with van der Waals surface area (Å²) in [6.07, 6.45) is 2.11. The number of fused-ring (bicyclic) bond motifs is 4. The lowest BCUT2D eigenvalue weighted by Crippen LogP contribution is -1.92. The van der Waals surface area contributed by atoms with E-state index in [2.05, 4.69) is 53.8 Å². The number of aromatic nitrogens is 3. The lowest BCUT2D eigenvalue weighted by molar-refractivity contribution is 0.897. The number of hydrogen-bond acceptors (Lipinski definition) is 1. The first-order valence-corrected chi connectivity index (χ1v) is 7.33. The van der Waals surface area contributed by atoms with Crippen molar-refractivity contribution in [2.45, 2.75) is 0 Å². The molecule has 0 aliphatic rings. The molecule has 0 radical (unpaired) electrons. The second-order valence-corrected chi connectivity index (χ2v) is 5.53. The van der Waals surface area contributed by atoms with Gasteiger partial charge in [-0.25, -0.2) is 4.98 Å². The topological polar surface area (TPSA) is 33.6 Å². The quantitative estimate of drug-likeness (QED) is 0.477. The van der Waals surface area contributed by atoms with Crippen molar-refractivity contribution in [1.29, 1.82) is 0 Å². The highest BCUT2D eigenvalue weighted by molar-refractivity contribution is 6.11. The second kappa shape index (κ2) is 4.21. The first-order valence-electron chi connectivity index (χ1n) is 7.33. The van der Waals surface area contributed by atoms with E-state index in [9.17, 15) is 0 Å². The average Bonchev–Trinajstić information content (AvgIpc) is 3.14. The van der Waals surface area contributed by atoms with Crippen LogP contribution in [0.3, 0.4) is 0 Å². The van der Waals surface area contributed by atoms with E-state index in [-0.39, 0.29) is 0 Å². The Kier molecular flexibility index (Phi) is 2.22. The summed E-state index contributed by atoms with van der Waals surface area (Å²) in [5.74, 6) is 0. The SMILES string of the molecule is c1ccc(-n2cc3cc4nc5ccccc5c4cc3[nH]2)cc1. The number of hydrogen-bond donors (Lipinski definition) is 1. The maximum Gasteiger partial charge on any atom is 0.0724 e. The Morgan fingerprint density at radius 3 is 2.50 bits per heavy atom. The van der Waals surface area contributed by atoms with Gasteiger partial charge >= 0.3 is 0 Å². The molecule has 2 heterocycles. The fraction of sp³-hybridized carbons (Fsp3) is 0. The predicted molar refractivity (Wildman–Crippen MR) is 90.4 cm³/mol. The number of H-pyrrole nitrogens is 1. The maximum atomic E-state index is 4.72. The van der Waals surface area contributed by atoms with Crippen LogP contribution in [0.1, 0.15) is 0 Å². The van der Waals surface area contributed by atoms with Crippen LogP contribution >= 0.6 is 0 Å². The summed E-state index contributed by atoms with van der Waals surface area (Å²) in [5, 5.41) is 7.02. The van der Waals surface area contributed by atoms with Gasteiger partial charge in [-0.05, 0) is 30.3 Å². The maximum absolute atomic E-state index is 4.72. The van der Waals surface area contributed by atoms with Crippen molar-refractivity contribution in [3.8, 4) is 5.69 Å². The molecule has 0 aliphatic carbocycles. The van der Waals surface area contributed by atoms with Crippen molar-refractivity contribution >= 4 is 32.7 Å². The predicted octanol–water partition coefficient (Wildman–Crippen LogP) is 4.66. The monoisotopic (exact) mass is 283 g/mol. The van der Waals surface area contributed by atoms with Crippen LogP contribution in [0, 0.1) is 0 Å². The van der Waals surface area contributed by atoms with E-state index in [1.165, 1.54) is 16.2 Å². The Morgan fingerprint density at radius 2 is 1.59 bits per heavy atom. The van der Waals surface area contributed by atoms with Gasteiger partial charge in [0.05, 0.1) is 22.2 Å². The van der Waals surface area contributed by atoms with Crippen molar-refractivity contribution in [3.05, 3.63) is 72.9 Å². The Bertz CT molecular complexity index is 1120. The van der Waals surface area contributed by atoms with Crippen LogP contribution in [0.15, 0.2) is 72.9 Å². The summed E-state index contributed by atoms with van der Waals surface area (Å²) in [7, 11) is 0. The van der Waals surface area contributed by atoms with Gasteiger partial charge in [0.15, 0.2) is 0 Å². The largest absolute Gasteiger partial charge is 0.294 e. The number of para-hydroxylation sites is 2. The molecule has 5 rings (SSSR count). The van der Waals surface area contributed by atoms with Crippen molar-refractivity contribution in [2.75, 3.05) is 0 Å². The zero-order chi connectivity index (χ0) is 14.5. The molecule has 22 heavy (non-hydrogen) atoms. The molecule has 0 amide bonds. The van der Waals surface area contributed by atoms with E-state index >= 15 is 0 Å². The van der Waals surface area contributed by atoms with Crippen molar-refractivity contribution < 1.29 is 0 Å². The zero-order valence-corrected chi connectivity index (χ0v) is 11.8. The van der Waals surface area contributed by atoms with Crippen molar-refractivity contribution in [3.63, 3.8) is 0 Å². The summed E-state index contributed by atoms with van der Waals surface area (Å²) < 4.78 is 2.05. The fourth-order valence-electron chi connectivity index (χ4n) is 3.07. The summed E-state index contributed by atoms with van der Waals surface area (Å²) in [6.45, 7) is 0. The van der Waals surface area contributed by atoms with Gasteiger partial charge in [0.1, 0.15) is 0 Å². The van der Waals surface area contributed by atoms with Crippen LogP contribution in [0.4, 0.5) is 0 Å². The Hall–Kier alpha value is -3.07. The summed E-state index contributed by atoms with van der Waals surface area (Å²) in [6, 6.07) is 22.9. The third-order valence-corrected chi connectivity index (χ3v) is 4.15. The highest BCUT2D eigenvalue weighted by atomic mass is 15.3. The summed E-state index contributed by atoms with van der Waals surface area (Å²) in [5.41, 5.74) is 4.35. The van der Waals surface area contributed by atoms with E-state index in [1.807, 2.05) is 28.9 Å². The van der Waals surface area contributed by atoms with Gasteiger partial charge < -0.3 is 0 Å². The molecule has 0 saturated heterocycles. The zero-order valence-electron chi connectivity index (χ0n) is 11.8. The summed E-state index contributed by atoms with van der Waals surface area (Å²) in [4.78, 5) is 4.72. The van der Waals surface area contributed by atoms with E-state index < -0.39 is 0 Å². The molecule has 0 unspecified atom stereocenters. The molecular weight excluding hydrogens is 270 g/mol. The molecule has 0 atom stereocenters. The average molecular weight is 283 g/mol. The van der Waals surface area contributed by atoms with Crippen LogP contribution in [-0.2, 0) is 0 Å². The lowest BCUT2D eigenvalue weighted by atomic mass is 10.1. The first-order chi connectivity index (χ1) is 10.9. The molecule has 0 saturated carbocycles. The van der Waals surface area contributed by atoms with Gasteiger partial charge in [-0.1, -0.05) is 36.4 Å². The van der Waals surface area contributed by atoms with Crippen LogP contribution in [0.25, 0.3) is 38.4 Å². The number of rotatable bonds is 1. The molecule has 104 valence electrons. The standard InChI is InChI=1S/C19H13N3/c1-2-6-14(7-3-1)22-12-13-10-19-16(11-18(13)21-22)15-8-4-5-9-17(15)20-19/h1-12,21H. The lowest BCUT2D eigenvalue weighted by Gasteiger charge is -2.00. The minimum absolute atomic E-state index is 1.05. The third-order valence-electron chi connectivity index (χ3n) is 4.15. The molecular formula is C19H13N3. The van der Waals surface area contributed by atoms with Gasteiger partial charge in [-0.2, -0.15) is 0 Å². The van der Waals surface area contributed by atoms with Crippen LogP contribution in [-0.4, -0.2) is 14.8 Å². The highest BCUT2D eigenvalue weighted by Gasteiger charge is 2.08. The number of nitrogens with one attached hydrogen (secondary N) is 1. The van der Waals surface area contributed by atoms with E-state index in [1.54, 1.807) is 0 Å². The molecule has 0 aliphatic heterocycles. The number of aromatic amines is 1. The number of benzene rings is 3. The van der Waals surface area contributed by atoms with Crippen molar-refractivity contribution in [2.24, 2.45) is 0 Å². The fourth-order valence-corrected chi connectivity index (χ4v) is 3.07. The van der Waals surface area contributed by atoms with E-state index in [0.29, 0.717) is 0 Å². The Labute approximate surface area is 126 Å². The third kappa shape index (κ3) is 1.59. The minimum atomic E-state index is 1.05. The number of nitrogens with zero attached hydrogens (tertiary/aromatic N) is 2. The van der Waals surface area contributed by atoms with E-state index in [0.717, 1.165) is 22.2 Å². The molecule has 3 heteroatoms. The van der Waals surface area contributed by atoms with Gasteiger partial charge in [0.2, 0.25) is 0 Å².